The van der Waals surface area contributed by atoms with Crippen molar-refractivity contribution in [3.8, 4) is 22.8 Å². The molecule has 10 nitrogen and oxygen atoms in total. The van der Waals surface area contributed by atoms with Crippen molar-refractivity contribution in [2.45, 2.75) is 20.0 Å². The van der Waals surface area contributed by atoms with Crippen LogP contribution in [0.4, 0.5) is 5.69 Å². The van der Waals surface area contributed by atoms with Crippen LogP contribution in [0.2, 0.25) is 0 Å². The summed E-state index contributed by atoms with van der Waals surface area (Å²) in [6.07, 6.45) is 7.17. The Morgan fingerprint density at radius 3 is 2.87 bits per heavy atom. The van der Waals surface area contributed by atoms with E-state index in [0.717, 1.165) is 17.7 Å². The molecular formula is C20H19N7O3. The van der Waals surface area contributed by atoms with Gasteiger partial charge in [-0.3, -0.25) is 19.3 Å². The third-order valence-corrected chi connectivity index (χ3v) is 4.74. The van der Waals surface area contributed by atoms with E-state index in [4.69, 9.17) is 9.47 Å². The Labute approximate surface area is 171 Å². The monoisotopic (exact) mass is 405 g/mol. The van der Waals surface area contributed by atoms with E-state index in [0.29, 0.717) is 35.1 Å². The highest BCUT2D eigenvalue weighted by Gasteiger charge is 2.17. The van der Waals surface area contributed by atoms with Gasteiger partial charge in [0.15, 0.2) is 11.5 Å². The number of nitrogens with one attached hydrogen (secondary N) is 2. The number of ether oxygens (including phenoxy) is 2. The van der Waals surface area contributed by atoms with E-state index in [9.17, 15) is 4.79 Å². The van der Waals surface area contributed by atoms with Crippen LogP contribution in [0.1, 0.15) is 23.0 Å². The third kappa shape index (κ3) is 3.50. The summed E-state index contributed by atoms with van der Waals surface area (Å²) < 4.78 is 14.3. The quantitative estimate of drug-likeness (QED) is 0.510. The third-order valence-electron chi connectivity index (χ3n) is 4.74. The van der Waals surface area contributed by atoms with Gasteiger partial charge in [0.25, 0.3) is 5.91 Å². The normalized spacial score (nSPS) is 12.3. The summed E-state index contributed by atoms with van der Waals surface area (Å²) >= 11 is 0. The zero-order chi connectivity index (χ0) is 20.5. The fraction of sp³-hybridized carbons (Fsp3) is 0.200. The van der Waals surface area contributed by atoms with Crippen molar-refractivity contribution in [3.63, 3.8) is 0 Å². The standard InChI is InChI=1S/C20H19N7O3/c1-2-26-9-13(7-21-26)10-27-11-15(8-22-27)23-20(28)17-6-16(24-25-17)14-3-4-18-19(5-14)30-12-29-18/h3-9,11H,2,10,12H2,1H3,(H,23,28)(H,24,25). The Balaban J connectivity index is 1.25. The first-order chi connectivity index (χ1) is 14.7. The van der Waals surface area contributed by atoms with Gasteiger partial charge in [-0.25, -0.2) is 0 Å². The minimum absolute atomic E-state index is 0.210. The summed E-state index contributed by atoms with van der Waals surface area (Å²) in [6.45, 7) is 3.64. The summed E-state index contributed by atoms with van der Waals surface area (Å²) in [5.41, 5.74) is 3.46. The van der Waals surface area contributed by atoms with Crippen molar-refractivity contribution in [1.82, 2.24) is 29.8 Å². The number of anilines is 1. The minimum atomic E-state index is -0.298. The summed E-state index contributed by atoms with van der Waals surface area (Å²) in [5.74, 6) is 1.07. The highest BCUT2D eigenvalue weighted by molar-refractivity contribution is 6.03. The molecule has 0 radical (unpaired) electrons. The van der Waals surface area contributed by atoms with Gasteiger partial charge in [-0.1, -0.05) is 0 Å². The molecule has 0 atom stereocenters. The zero-order valence-corrected chi connectivity index (χ0v) is 16.2. The highest BCUT2D eigenvalue weighted by Crippen LogP contribution is 2.35. The molecular weight excluding hydrogens is 386 g/mol. The van der Waals surface area contributed by atoms with E-state index in [2.05, 4.69) is 25.7 Å². The SMILES string of the molecule is CCn1cc(Cn2cc(NC(=O)c3cc(-c4ccc5c(c4)OCO5)n[nH]3)cn2)cn1. The second kappa shape index (κ2) is 7.39. The fourth-order valence-electron chi connectivity index (χ4n) is 3.20. The molecule has 0 unspecified atom stereocenters. The van der Waals surface area contributed by atoms with Crippen LogP contribution in [0.15, 0.2) is 49.1 Å². The Morgan fingerprint density at radius 2 is 2.00 bits per heavy atom. The first kappa shape index (κ1) is 18.0. The maximum Gasteiger partial charge on any atom is 0.273 e. The van der Waals surface area contributed by atoms with E-state index in [-0.39, 0.29) is 12.7 Å². The molecule has 152 valence electrons. The zero-order valence-electron chi connectivity index (χ0n) is 16.2. The lowest BCUT2D eigenvalue weighted by Gasteiger charge is -2.00. The molecule has 0 spiro atoms. The van der Waals surface area contributed by atoms with Gasteiger partial charge >= 0.3 is 0 Å². The number of rotatable bonds is 6. The Hall–Kier alpha value is -4.08. The van der Waals surface area contributed by atoms with Crippen molar-refractivity contribution in [3.05, 3.63) is 60.3 Å². The van der Waals surface area contributed by atoms with Crippen LogP contribution in [-0.2, 0) is 13.1 Å². The van der Waals surface area contributed by atoms with E-state index in [1.54, 1.807) is 23.1 Å². The molecule has 4 heterocycles. The molecule has 4 aromatic rings. The molecule has 30 heavy (non-hydrogen) atoms. The van der Waals surface area contributed by atoms with Crippen molar-refractivity contribution < 1.29 is 14.3 Å². The average molecular weight is 405 g/mol. The van der Waals surface area contributed by atoms with Crippen molar-refractivity contribution >= 4 is 11.6 Å². The lowest BCUT2D eigenvalue weighted by molar-refractivity contribution is 0.102. The first-order valence-corrected chi connectivity index (χ1v) is 9.48. The van der Waals surface area contributed by atoms with Crippen LogP contribution < -0.4 is 14.8 Å². The number of aromatic amines is 1. The predicted molar refractivity (Wildman–Crippen MR) is 107 cm³/mol. The number of H-pyrrole nitrogens is 1. The number of fused-ring (bicyclic) bond motifs is 1. The van der Waals surface area contributed by atoms with Gasteiger partial charge in [-0.2, -0.15) is 15.3 Å². The van der Waals surface area contributed by atoms with Crippen molar-refractivity contribution in [2.24, 2.45) is 0 Å². The van der Waals surface area contributed by atoms with E-state index >= 15 is 0 Å². The van der Waals surface area contributed by atoms with Crippen molar-refractivity contribution in [2.75, 3.05) is 12.1 Å². The maximum atomic E-state index is 12.6. The molecule has 0 saturated carbocycles. The van der Waals surface area contributed by atoms with Crippen LogP contribution in [0.3, 0.4) is 0 Å². The molecule has 1 aliphatic heterocycles. The maximum absolute atomic E-state index is 12.6. The second-order valence-corrected chi connectivity index (χ2v) is 6.82. The minimum Gasteiger partial charge on any atom is -0.454 e. The van der Waals surface area contributed by atoms with E-state index in [1.165, 1.54) is 0 Å². The number of amides is 1. The van der Waals surface area contributed by atoms with Gasteiger partial charge in [0.2, 0.25) is 6.79 Å². The molecule has 0 fully saturated rings. The second-order valence-electron chi connectivity index (χ2n) is 6.82. The number of nitrogens with zero attached hydrogens (tertiary/aromatic N) is 5. The topological polar surface area (TPSA) is 112 Å². The molecule has 3 aromatic heterocycles. The van der Waals surface area contributed by atoms with Crippen molar-refractivity contribution in [1.29, 1.82) is 0 Å². The molecule has 0 aliphatic carbocycles. The van der Waals surface area contributed by atoms with Crippen LogP contribution in [0.5, 0.6) is 11.5 Å². The largest absolute Gasteiger partial charge is 0.454 e. The fourth-order valence-corrected chi connectivity index (χ4v) is 3.20. The number of hydrogen-bond donors (Lipinski definition) is 2. The van der Waals surface area contributed by atoms with Gasteiger partial charge in [-0.05, 0) is 31.2 Å². The molecule has 1 aliphatic rings. The van der Waals surface area contributed by atoms with Crippen LogP contribution >= 0.6 is 0 Å². The Bertz CT molecular complexity index is 1210. The number of carbonyl (C=O) groups is 1. The lowest BCUT2D eigenvalue weighted by Crippen LogP contribution is -2.11. The summed E-state index contributed by atoms with van der Waals surface area (Å²) in [7, 11) is 0. The number of hydrogen-bond acceptors (Lipinski definition) is 6. The number of aryl methyl sites for hydroxylation is 1. The summed E-state index contributed by atoms with van der Waals surface area (Å²) in [6, 6.07) is 7.22. The van der Waals surface area contributed by atoms with Crippen LogP contribution in [0, 0.1) is 0 Å². The van der Waals surface area contributed by atoms with Gasteiger partial charge in [0, 0.05) is 30.1 Å². The Morgan fingerprint density at radius 1 is 1.13 bits per heavy atom. The lowest BCUT2D eigenvalue weighted by atomic mass is 10.1. The number of benzene rings is 1. The number of carbonyl (C=O) groups excluding carboxylic acids is 1. The molecule has 1 amide bonds. The molecule has 2 N–H and O–H groups in total. The van der Waals surface area contributed by atoms with Gasteiger partial charge in [-0.15, -0.1) is 0 Å². The summed E-state index contributed by atoms with van der Waals surface area (Å²) in [5, 5.41) is 18.4. The summed E-state index contributed by atoms with van der Waals surface area (Å²) in [4.78, 5) is 12.6. The highest BCUT2D eigenvalue weighted by atomic mass is 16.7. The van der Waals surface area contributed by atoms with Gasteiger partial charge < -0.3 is 14.8 Å². The van der Waals surface area contributed by atoms with Gasteiger partial charge in [0.05, 0.1) is 30.3 Å². The predicted octanol–water partition coefficient (Wildman–Crippen LogP) is 2.52. The van der Waals surface area contributed by atoms with Crippen LogP contribution in [0.25, 0.3) is 11.3 Å². The van der Waals surface area contributed by atoms with E-state index < -0.39 is 0 Å². The number of aromatic nitrogens is 6. The smallest absolute Gasteiger partial charge is 0.273 e. The Kier molecular flexibility index (Phi) is 4.43. The first-order valence-electron chi connectivity index (χ1n) is 9.48. The molecule has 0 saturated heterocycles. The molecule has 10 heteroatoms. The molecule has 1 aromatic carbocycles. The van der Waals surface area contributed by atoms with Crippen LogP contribution in [-0.4, -0.2) is 42.5 Å². The molecule has 5 rings (SSSR count). The van der Waals surface area contributed by atoms with Gasteiger partial charge in [0.1, 0.15) is 5.69 Å². The average Bonchev–Trinajstić information content (AvgIpc) is 3.54. The molecule has 0 bridgehead atoms. The van der Waals surface area contributed by atoms with E-state index in [1.807, 2.05) is 42.2 Å².